The second kappa shape index (κ2) is 11.6. The lowest BCUT2D eigenvalue weighted by molar-refractivity contribution is -0.116. The van der Waals surface area contributed by atoms with E-state index in [4.69, 9.17) is 23.2 Å². The molecule has 10 heteroatoms. The number of nitrogens with zero attached hydrogens (tertiary/aromatic N) is 4. The SMILES string of the molecule is CC(C)(C)c1ccc(C(=O)NCc2nnc(SCC(=O)N3CCc4ccccc43)n2-c2ccc(Cl)c(Cl)c2)cc1. The van der Waals surface area contributed by atoms with Crippen molar-refractivity contribution in [3.63, 3.8) is 0 Å². The van der Waals surface area contributed by atoms with E-state index >= 15 is 0 Å². The van der Waals surface area contributed by atoms with Gasteiger partial charge in [-0.15, -0.1) is 10.2 Å². The summed E-state index contributed by atoms with van der Waals surface area (Å²) in [7, 11) is 0. The first kappa shape index (κ1) is 28.2. The van der Waals surface area contributed by atoms with E-state index in [0.29, 0.717) is 38.8 Å². The van der Waals surface area contributed by atoms with Crippen LogP contribution in [0.1, 0.15) is 48.1 Å². The highest BCUT2D eigenvalue weighted by molar-refractivity contribution is 7.99. The molecule has 40 heavy (non-hydrogen) atoms. The number of aromatic nitrogens is 3. The van der Waals surface area contributed by atoms with Gasteiger partial charge >= 0.3 is 0 Å². The van der Waals surface area contributed by atoms with Crippen molar-refractivity contribution in [3.8, 4) is 5.69 Å². The molecule has 1 aliphatic heterocycles. The fourth-order valence-electron chi connectivity index (χ4n) is 4.58. The van der Waals surface area contributed by atoms with E-state index in [2.05, 4.69) is 42.4 Å². The maximum absolute atomic E-state index is 13.1. The number of carbonyl (C=O) groups excluding carboxylic acids is 2. The second-order valence-electron chi connectivity index (χ2n) is 10.6. The van der Waals surface area contributed by atoms with Gasteiger partial charge in [0.1, 0.15) is 0 Å². The number of thioether (sulfide) groups is 1. The smallest absolute Gasteiger partial charge is 0.251 e. The Balaban J connectivity index is 1.34. The van der Waals surface area contributed by atoms with Crippen LogP contribution in [0.15, 0.2) is 71.9 Å². The highest BCUT2D eigenvalue weighted by Crippen LogP contribution is 2.31. The molecule has 0 spiro atoms. The Kier molecular flexibility index (Phi) is 8.21. The van der Waals surface area contributed by atoms with Crippen LogP contribution in [0.2, 0.25) is 10.0 Å². The van der Waals surface area contributed by atoms with Crippen molar-refractivity contribution < 1.29 is 9.59 Å². The van der Waals surface area contributed by atoms with Crippen molar-refractivity contribution in [1.82, 2.24) is 20.1 Å². The summed E-state index contributed by atoms with van der Waals surface area (Å²) in [5.41, 5.74) is 4.51. The minimum absolute atomic E-state index is 0.00110. The normalized spacial score (nSPS) is 12.9. The molecule has 0 atom stereocenters. The van der Waals surface area contributed by atoms with Crippen LogP contribution in [0.5, 0.6) is 0 Å². The van der Waals surface area contributed by atoms with E-state index < -0.39 is 0 Å². The van der Waals surface area contributed by atoms with E-state index in [1.165, 1.54) is 17.3 Å². The van der Waals surface area contributed by atoms with Crippen molar-refractivity contribution in [2.24, 2.45) is 0 Å². The molecule has 1 aromatic heterocycles. The zero-order valence-corrected chi connectivity index (χ0v) is 24.8. The zero-order chi connectivity index (χ0) is 28.4. The number of rotatable bonds is 7. The van der Waals surface area contributed by atoms with Gasteiger partial charge in [0.2, 0.25) is 5.91 Å². The van der Waals surface area contributed by atoms with Gasteiger partial charge in [-0.05, 0) is 59.4 Å². The van der Waals surface area contributed by atoms with E-state index in [1.54, 1.807) is 22.8 Å². The number of para-hydroxylation sites is 1. The van der Waals surface area contributed by atoms with Crippen molar-refractivity contribution in [2.75, 3.05) is 17.2 Å². The van der Waals surface area contributed by atoms with Crippen LogP contribution in [-0.2, 0) is 23.2 Å². The molecule has 5 rings (SSSR count). The van der Waals surface area contributed by atoms with Crippen LogP contribution < -0.4 is 10.2 Å². The third-order valence-corrected chi connectivity index (χ3v) is 8.45. The number of anilines is 1. The predicted molar refractivity (Wildman–Crippen MR) is 161 cm³/mol. The highest BCUT2D eigenvalue weighted by Gasteiger charge is 2.25. The molecule has 0 bridgehead atoms. The number of benzene rings is 3. The average Bonchev–Trinajstić information content (AvgIpc) is 3.56. The van der Waals surface area contributed by atoms with Gasteiger partial charge in [-0.25, -0.2) is 0 Å². The molecule has 0 aliphatic carbocycles. The van der Waals surface area contributed by atoms with Gasteiger partial charge in [0, 0.05) is 17.8 Å². The number of fused-ring (bicyclic) bond motifs is 1. The van der Waals surface area contributed by atoms with E-state index in [-0.39, 0.29) is 29.5 Å². The Labute approximate surface area is 247 Å². The minimum Gasteiger partial charge on any atom is -0.345 e. The summed E-state index contributed by atoms with van der Waals surface area (Å²) in [6.07, 6.45) is 0.842. The van der Waals surface area contributed by atoms with E-state index in [9.17, 15) is 9.59 Å². The lowest BCUT2D eigenvalue weighted by Crippen LogP contribution is -2.30. The maximum atomic E-state index is 13.1. The van der Waals surface area contributed by atoms with Crippen molar-refractivity contribution in [2.45, 2.75) is 44.3 Å². The largest absolute Gasteiger partial charge is 0.345 e. The standard InChI is InChI=1S/C30H29Cl2N5O2S/c1-30(2,3)21-10-8-20(9-11-21)28(39)33-17-26-34-35-29(37(26)22-12-13-23(31)24(32)16-22)40-18-27(38)36-15-14-19-6-4-5-7-25(19)36/h4-13,16H,14-15,17-18H2,1-3H3,(H,33,39). The Bertz CT molecular complexity index is 1560. The number of nitrogens with one attached hydrogen (secondary N) is 1. The molecule has 206 valence electrons. The van der Waals surface area contributed by atoms with Gasteiger partial charge in [0.25, 0.3) is 5.91 Å². The van der Waals surface area contributed by atoms with Gasteiger partial charge < -0.3 is 10.2 Å². The van der Waals surface area contributed by atoms with Crippen LogP contribution >= 0.6 is 35.0 Å². The third kappa shape index (κ3) is 6.04. The van der Waals surface area contributed by atoms with Gasteiger partial charge in [-0.3, -0.25) is 14.2 Å². The molecule has 4 aromatic rings. The van der Waals surface area contributed by atoms with Crippen LogP contribution in [0.25, 0.3) is 5.69 Å². The quantitative estimate of drug-likeness (QED) is 0.248. The third-order valence-electron chi connectivity index (χ3n) is 6.79. The van der Waals surface area contributed by atoms with Crippen LogP contribution in [0.3, 0.4) is 0 Å². The molecule has 7 nitrogen and oxygen atoms in total. The molecule has 0 saturated carbocycles. The molecule has 0 radical (unpaired) electrons. The molecule has 0 unspecified atom stereocenters. The van der Waals surface area contributed by atoms with E-state index in [1.807, 2.05) is 47.4 Å². The Morgan fingerprint density at radius 3 is 2.45 bits per heavy atom. The lowest BCUT2D eigenvalue weighted by Gasteiger charge is -2.19. The number of hydrogen-bond acceptors (Lipinski definition) is 5. The highest BCUT2D eigenvalue weighted by atomic mass is 35.5. The van der Waals surface area contributed by atoms with Gasteiger partial charge in [0.05, 0.1) is 28.0 Å². The summed E-state index contributed by atoms with van der Waals surface area (Å²) in [6, 6.07) is 20.8. The molecular formula is C30H29Cl2N5O2S. The van der Waals surface area contributed by atoms with E-state index in [0.717, 1.165) is 17.7 Å². The summed E-state index contributed by atoms with van der Waals surface area (Å²) < 4.78 is 1.79. The topological polar surface area (TPSA) is 80.1 Å². The van der Waals surface area contributed by atoms with Crippen LogP contribution in [0, 0.1) is 0 Å². The molecule has 1 N–H and O–H groups in total. The summed E-state index contributed by atoms with van der Waals surface area (Å²) in [6.45, 7) is 7.18. The number of amides is 2. The molecular weight excluding hydrogens is 565 g/mol. The van der Waals surface area contributed by atoms with Crippen molar-refractivity contribution in [3.05, 3.63) is 99.3 Å². The molecule has 1 aliphatic rings. The predicted octanol–water partition coefficient (Wildman–Crippen LogP) is 6.48. The van der Waals surface area contributed by atoms with Gasteiger partial charge in [0.15, 0.2) is 11.0 Å². The number of hydrogen-bond donors (Lipinski definition) is 1. The first-order chi connectivity index (χ1) is 19.1. The van der Waals surface area contributed by atoms with Crippen molar-refractivity contribution >= 4 is 52.5 Å². The lowest BCUT2D eigenvalue weighted by atomic mass is 9.87. The summed E-state index contributed by atoms with van der Waals surface area (Å²) >= 11 is 13.8. The first-order valence-electron chi connectivity index (χ1n) is 12.9. The first-order valence-corrected chi connectivity index (χ1v) is 14.7. The summed E-state index contributed by atoms with van der Waals surface area (Å²) in [4.78, 5) is 27.9. The molecule has 2 heterocycles. The Morgan fingerprint density at radius 1 is 0.975 bits per heavy atom. The van der Waals surface area contributed by atoms with Gasteiger partial charge in [-0.1, -0.05) is 86.1 Å². The van der Waals surface area contributed by atoms with Crippen molar-refractivity contribution in [1.29, 1.82) is 0 Å². The number of carbonyl (C=O) groups is 2. The minimum atomic E-state index is -0.221. The summed E-state index contributed by atoms with van der Waals surface area (Å²) in [5, 5.41) is 12.9. The van der Waals surface area contributed by atoms with Crippen LogP contribution in [0.4, 0.5) is 5.69 Å². The summed E-state index contributed by atoms with van der Waals surface area (Å²) in [5.74, 6) is 0.452. The Hall–Kier alpha value is -3.33. The zero-order valence-electron chi connectivity index (χ0n) is 22.4. The second-order valence-corrected chi connectivity index (χ2v) is 12.3. The monoisotopic (exact) mass is 593 g/mol. The fourth-order valence-corrected chi connectivity index (χ4v) is 5.72. The Morgan fingerprint density at radius 2 is 1.73 bits per heavy atom. The van der Waals surface area contributed by atoms with Gasteiger partial charge in [-0.2, -0.15) is 0 Å². The average molecular weight is 595 g/mol. The van der Waals surface area contributed by atoms with Crippen LogP contribution in [-0.4, -0.2) is 38.9 Å². The fraction of sp³-hybridized carbons (Fsp3) is 0.267. The number of halogens is 2. The molecule has 0 saturated heterocycles. The molecule has 2 amide bonds. The molecule has 3 aromatic carbocycles. The maximum Gasteiger partial charge on any atom is 0.251 e. The molecule has 0 fully saturated rings.